The minimum atomic E-state index is -0.279. The highest BCUT2D eigenvalue weighted by molar-refractivity contribution is 9.10. The van der Waals surface area contributed by atoms with Gasteiger partial charge in [0.15, 0.2) is 5.75 Å². The van der Waals surface area contributed by atoms with E-state index >= 15 is 0 Å². The van der Waals surface area contributed by atoms with Gasteiger partial charge < -0.3 is 9.72 Å². The van der Waals surface area contributed by atoms with Crippen molar-refractivity contribution in [2.45, 2.75) is 20.3 Å². The molecule has 0 saturated heterocycles. The van der Waals surface area contributed by atoms with Crippen LogP contribution in [0.3, 0.4) is 0 Å². The van der Waals surface area contributed by atoms with Gasteiger partial charge in [-0.2, -0.15) is 5.26 Å². The van der Waals surface area contributed by atoms with Gasteiger partial charge in [0.1, 0.15) is 4.60 Å². The van der Waals surface area contributed by atoms with Gasteiger partial charge in [0.2, 0.25) is 0 Å². The number of aromatic nitrogens is 1. The topological polar surface area (TPSA) is 65.9 Å². The first-order chi connectivity index (χ1) is 9.01. The number of aromatic amines is 1. The van der Waals surface area contributed by atoms with E-state index in [0.717, 1.165) is 10.9 Å². The summed E-state index contributed by atoms with van der Waals surface area (Å²) in [6.07, 6.45) is 0.358. The van der Waals surface area contributed by atoms with Crippen molar-refractivity contribution in [2.24, 2.45) is 5.92 Å². The molecule has 0 fully saturated rings. The number of hydrogen-bond donors (Lipinski definition) is 1. The molecule has 0 aliphatic carbocycles. The number of fused-ring (bicyclic) bond motifs is 1. The van der Waals surface area contributed by atoms with Crippen LogP contribution in [0.15, 0.2) is 22.8 Å². The first kappa shape index (κ1) is 13.6. The molecule has 0 saturated carbocycles. The predicted molar refractivity (Wildman–Crippen MR) is 75.8 cm³/mol. The molecule has 0 radical (unpaired) electrons. The molecule has 98 valence electrons. The number of nitriles is 1. The van der Waals surface area contributed by atoms with Gasteiger partial charge >= 0.3 is 5.97 Å². The summed E-state index contributed by atoms with van der Waals surface area (Å²) in [7, 11) is 0. The maximum absolute atomic E-state index is 11.7. The average molecular weight is 321 g/mol. The molecule has 5 heteroatoms. The number of carbonyl (C=O) groups excluding carboxylic acids is 1. The summed E-state index contributed by atoms with van der Waals surface area (Å²) >= 11 is 3.34. The molecule has 19 heavy (non-hydrogen) atoms. The molecule has 1 heterocycles. The number of halogens is 1. The number of rotatable bonds is 3. The minimum Gasteiger partial charge on any atom is -0.423 e. The summed E-state index contributed by atoms with van der Waals surface area (Å²) < 4.78 is 5.99. The highest BCUT2D eigenvalue weighted by atomic mass is 79.9. The van der Waals surface area contributed by atoms with E-state index in [1.165, 1.54) is 0 Å². The predicted octanol–water partition coefficient (Wildman–Crippen LogP) is 3.75. The van der Waals surface area contributed by atoms with Gasteiger partial charge in [-0.1, -0.05) is 13.8 Å². The molecule has 0 aliphatic heterocycles. The van der Waals surface area contributed by atoms with E-state index in [4.69, 9.17) is 10.00 Å². The van der Waals surface area contributed by atoms with Crippen LogP contribution in [0.25, 0.3) is 10.9 Å². The van der Waals surface area contributed by atoms with Gasteiger partial charge in [-0.3, -0.25) is 4.79 Å². The van der Waals surface area contributed by atoms with Crippen molar-refractivity contribution >= 4 is 32.8 Å². The molecule has 1 N–H and O–H groups in total. The minimum absolute atomic E-state index is 0.242. The van der Waals surface area contributed by atoms with Crippen LogP contribution in [0.5, 0.6) is 5.75 Å². The van der Waals surface area contributed by atoms with E-state index in [1.807, 2.05) is 13.8 Å². The molecule has 0 bridgehead atoms. The normalized spacial score (nSPS) is 10.7. The lowest BCUT2D eigenvalue weighted by molar-refractivity contribution is -0.135. The van der Waals surface area contributed by atoms with Gasteiger partial charge in [0.05, 0.1) is 17.1 Å². The molecule has 0 amide bonds. The number of nitrogens with zero attached hydrogens (tertiary/aromatic N) is 1. The van der Waals surface area contributed by atoms with Crippen LogP contribution in [-0.2, 0) is 4.79 Å². The molecular formula is C14H13BrN2O2. The molecule has 1 aromatic heterocycles. The van der Waals surface area contributed by atoms with Gasteiger partial charge in [-0.25, -0.2) is 0 Å². The number of hydrogen-bond acceptors (Lipinski definition) is 3. The quantitative estimate of drug-likeness (QED) is 0.876. The molecule has 0 unspecified atom stereocenters. The second-order valence-corrected chi connectivity index (χ2v) is 5.51. The lowest BCUT2D eigenvalue weighted by Crippen LogP contribution is -2.10. The number of benzene rings is 1. The van der Waals surface area contributed by atoms with Gasteiger partial charge in [0, 0.05) is 11.8 Å². The summed E-state index contributed by atoms with van der Waals surface area (Å²) in [6.45, 7) is 3.92. The molecule has 0 spiro atoms. The lowest BCUT2D eigenvalue weighted by Gasteiger charge is -2.05. The summed E-state index contributed by atoms with van der Waals surface area (Å²) in [5, 5.41) is 9.64. The monoisotopic (exact) mass is 320 g/mol. The standard InChI is InChI=1S/C14H13BrN2O2/c1-8(2)5-12(18)19-13-10-6-9(7-16)3-4-11(10)17-14(13)15/h3-4,6,8,17H,5H2,1-2H3. The Balaban J connectivity index is 2.39. The fourth-order valence-corrected chi connectivity index (χ4v) is 2.30. The van der Waals surface area contributed by atoms with Crippen molar-refractivity contribution in [3.05, 3.63) is 28.4 Å². The Kier molecular flexibility index (Phi) is 3.91. The summed E-state index contributed by atoms with van der Waals surface area (Å²) in [6, 6.07) is 7.28. The SMILES string of the molecule is CC(C)CC(=O)Oc1c(Br)[nH]c2ccc(C#N)cc12. The third-order valence-corrected chi connectivity index (χ3v) is 3.19. The Labute approximate surface area is 119 Å². The third kappa shape index (κ3) is 2.96. The van der Waals surface area contributed by atoms with Crippen LogP contribution in [0.2, 0.25) is 0 Å². The van der Waals surface area contributed by atoms with Crippen molar-refractivity contribution in [2.75, 3.05) is 0 Å². The average Bonchev–Trinajstić information content (AvgIpc) is 2.64. The number of carbonyl (C=O) groups is 1. The van der Waals surface area contributed by atoms with Crippen molar-refractivity contribution in [3.8, 4) is 11.8 Å². The van der Waals surface area contributed by atoms with Gasteiger partial charge in [-0.05, 0) is 40.0 Å². The van der Waals surface area contributed by atoms with Crippen molar-refractivity contribution in [1.82, 2.24) is 4.98 Å². The zero-order chi connectivity index (χ0) is 14.0. The van der Waals surface area contributed by atoms with Crippen LogP contribution in [0.1, 0.15) is 25.8 Å². The molecule has 2 aromatic rings. The Morgan fingerprint density at radius 2 is 2.26 bits per heavy atom. The van der Waals surface area contributed by atoms with E-state index in [0.29, 0.717) is 22.3 Å². The number of ether oxygens (including phenoxy) is 1. The summed E-state index contributed by atoms with van der Waals surface area (Å²) in [5.74, 6) is 0.405. The summed E-state index contributed by atoms with van der Waals surface area (Å²) in [4.78, 5) is 14.8. The number of esters is 1. The fourth-order valence-electron chi connectivity index (χ4n) is 1.79. The fraction of sp³-hybridized carbons (Fsp3) is 0.286. The maximum Gasteiger partial charge on any atom is 0.311 e. The Bertz CT molecular complexity index is 668. The van der Waals surface area contributed by atoms with Crippen LogP contribution >= 0.6 is 15.9 Å². The van der Waals surface area contributed by atoms with E-state index in [1.54, 1.807) is 18.2 Å². The molecule has 0 atom stereocenters. The second-order valence-electron chi connectivity index (χ2n) is 4.71. The smallest absolute Gasteiger partial charge is 0.311 e. The highest BCUT2D eigenvalue weighted by Gasteiger charge is 2.16. The zero-order valence-corrected chi connectivity index (χ0v) is 12.2. The summed E-state index contributed by atoms with van der Waals surface area (Å²) in [5.41, 5.74) is 1.35. The second kappa shape index (κ2) is 5.45. The van der Waals surface area contributed by atoms with E-state index in [2.05, 4.69) is 27.0 Å². The first-order valence-electron chi connectivity index (χ1n) is 5.93. The number of H-pyrrole nitrogens is 1. The zero-order valence-electron chi connectivity index (χ0n) is 10.7. The molecule has 0 aliphatic rings. The maximum atomic E-state index is 11.7. The van der Waals surface area contributed by atoms with Gasteiger partial charge in [0.25, 0.3) is 0 Å². The van der Waals surface area contributed by atoms with Crippen LogP contribution in [-0.4, -0.2) is 11.0 Å². The Hall–Kier alpha value is -1.80. The van der Waals surface area contributed by atoms with Crippen molar-refractivity contribution in [1.29, 1.82) is 5.26 Å². The van der Waals surface area contributed by atoms with E-state index in [-0.39, 0.29) is 11.9 Å². The van der Waals surface area contributed by atoms with Crippen molar-refractivity contribution < 1.29 is 9.53 Å². The van der Waals surface area contributed by atoms with Crippen LogP contribution < -0.4 is 4.74 Å². The Morgan fingerprint density at radius 1 is 1.53 bits per heavy atom. The molecule has 1 aromatic carbocycles. The van der Waals surface area contributed by atoms with E-state index in [9.17, 15) is 4.79 Å². The highest BCUT2D eigenvalue weighted by Crippen LogP contribution is 2.34. The Morgan fingerprint density at radius 3 is 2.89 bits per heavy atom. The molecule has 4 nitrogen and oxygen atoms in total. The largest absolute Gasteiger partial charge is 0.423 e. The number of nitrogens with one attached hydrogen (secondary N) is 1. The lowest BCUT2D eigenvalue weighted by atomic mass is 10.1. The molecular weight excluding hydrogens is 308 g/mol. The van der Waals surface area contributed by atoms with Crippen LogP contribution in [0, 0.1) is 17.2 Å². The van der Waals surface area contributed by atoms with Crippen molar-refractivity contribution in [3.63, 3.8) is 0 Å². The van der Waals surface area contributed by atoms with Gasteiger partial charge in [-0.15, -0.1) is 0 Å². The van der Waals surface area contributed by atoms with Crippen LogP contribution in [0.4, 0.5) is 0 Å². The third-order valence-electron chi connectivity index (χ3n) is 2.63. The first-order valence-corrected chi connectivity index (χ1v) is 6.72. The van der Waals surface area contributed by atoms with E-state index < -0.39 is 0 Å². The molecule has 2 rings (SSSR count).